The van der Waals surface area contributed by atoms with Crippen molar-refractivity contribution in [3.8, 4) is 5.75 Å². The molecule has 5 rings (SSSR count). The van der Waals surface area contributed by atoms with Crippen molar-refractivity contribution in [2.24, 2.45) is 0 Å². The highest BCUT2D eigenvalue weighted by molar-refractivity contribution is 5.91. The molecule has 0 aliphatic heterocycles. The molecule has 4 aromatic carbocycles. The lowest BCUT2D eigenvalue weighted by Gasteiger charge is -2.33. The molecule has 0 aliphatic rings. The second-order valence-electron chi connectivity index (χ2n) is 11.9. The first-order valence-electron chi connectivity index (χ1n) is 16.8. The predicted molar refractivity (Wildman–Crippen MR) is 192 cm³/mol. The van der Waals surface area contributed by atoms with E-state index < -0.39 is 30.0 Å². The molecule has 2 atom stereocenters. The number of hydroxylamine groups is 2. The van der Waals surface area contributed by atoms with Crippen molar-refractivity contribution in [3.63, 3.8) is 0 Å². The van der Waals surface area contributed by atoms with Gasteiger partial charge in [-0.3, -0.25) is 14.4 Å². The highest BCUT2D eigenvalue weighted by Crippen LogP contribution is 2.19. The van der Waals surface area contributed by atoms with Gasteiger partial charge in [0.25, 0.3) is 5.91 Å². The van der Waals surface area contributed by atoms with Gasteiger partial charge in [0.15, 0.2) is 0 Å². The molecule has 0 saturated carbocycles. The lowest BCUT2D eigenvalue weighted by Crippen LogP contribution is -2.56. The number of nitrogens with zero attached hydrogens (tertiary/aromatic N) is 3. The molecule has 11 nitrogen and oxygen atoms in total. The molecule has 1 aromatic heterocycles. The lowest BCUT2D eigenvalue weighted by molar-refractivity contribution is -0.195. The molecule has 1 heterocycles. The van der Waals surface area contributed by atoms with Crippen LogP contribution in [0.4, 0.5) is 4.79 Å². The number of H-pyrrole nitrogens is 1. The van der Waals surface area contributed by atoms with Crippen LogP contribution in [0.3, 0.4) is 0 Å². The van der Waals surface area contributed by atoms with Crippen LogP contribution in [0.25, 0.3) is 0 Å². The summed E-state index contributed by atoms with van der Waals surface area (Å²) in [6.45, 7) is 2.69. The summed E-state index contributed by atoms with van der Waals surface area (Å²) in [5.74, 6) is -0.212. The number of hydrogen-bond acceptors (Lipinski definition) is 7. The maximum Gasteiger partial charge on any atom is 0.408 e. The molecule has 264 valence electrons. The van der Waals surface area contributed by atoms with Gasteiger partial charge in [0, 0.05) is 38.3 Å². The van der Waals surface area contributed by atoms with E-state index in [1.165, 1.54) is 16.3 Å². The van der Waals surface area contributed by atoms with Crippen molar-refractivity contribution in [2.75, 3.05) is 13.6 Å². The number of ether oxygens (including phenoxy) is 2. The normalized spacial score (nSPS) is 12.0. The van der Waals surface area contributed by atoms with Crippen LogP contribution in [0.2, 0.25) is 0 Å². The molecule has 2 N–H and O–H groups in total. The van der Waals surface area contributed by atoms with Crippen LogP contribution in [0.15, 0.2) is 128 Å². The molecule has 0 spiro atoms. The minimum Gasteiger partial charge on any atom is -0.489 e. The molecule has 3 amide bonds. The molecule has 0 bridgehead atoms. The van der Waals surface area contributed by atoms with E-state index in [1.807, 2.05) is 122 Å². The third kappa shape index (κ3) is 11.0. The van der Waals surface area contributed by atoms with Crippen LogP contribution in [-0.4, -0.2) is 63.5 Å². The summed E-state index contributed by atoms with van der Waals surface area (Å²) < 4.78 is 11.4. The Bertz CT molecular complexity index is 1790. The van der Waals surface area contributed by atoms with Gasteiger partial charge in [-0.1, -0.05) is 103 Å². The van der Waals surface area contributed by atoms with E-state index in [0.717, 1.165) is 22.3 Å². The number of rotatable bonds is 17. The monoisotopic (exact) mass is 689 g/mol. The van der Waals surface area contributed by atoms with Crippen molar-refractivity contribution in [1.29, 1.82) is 0 Å². The summed E-state index contributed by atoms with van der Waals surface area (Å²) in [6, 6.07) is 34.0. The van der Waals surface area contributed by atoms with Gasteiger partial charge in [-0.05, 0) is 41.3 Å². The van der Waals surface area contributed by atoms with Crippen LogP contribution >= 0.6 is 0 Å². The Labute approximate surface area is 298 Å². The average Bonchev–Trinajstić information content (AvgIpc) is 3.69. The Morgan fingerprint density at radius 1 is 0.725 bits per heavy atom. The molecule has 2 unspecified atom stereocenters. The standard InChI is InChI=1S/C40H43N5O6/c1-3-45(51-28-33-17-11-6-12-18-33)39(47)37(23-30-19-21-35(22-20-30)49-26-31-13-7-4-8-14-31)44(2)38(46)36(24-34-25-41-29-42-34)43-40(48)50-27-32-15-9-5-10-16-32/h4-22,25,29,36-37H,3,23-24,26-28H2,1-2H3,(H,41,42)(H,43,48). The molecule has 0 radical (unpaired) electrons. The predicted octanol–water partition coefficient (Wildman–Crippen LogP) is 5.88. The van der Waals surface area contributed by atoms with Gasteiger partial charge in [0.1, 0.15) is 37.7 Å². The number of imidazole rings is 1. The molecule has 11 heteroatoms. The Morgan fingerprint density at radius 3 is 1.88 bits per heavy atom. The van der Waals surface area contributed by atoms with Crippen molar-refractivity contribution in [2.45, 2.75) is 51.7 Å². The fourth-order valence-corrected chi connectivity index (χ4v) is 5.40. The van der Waals surface area contributed by atoms with E-state index >= 15 is 0 Å². The zero-order chi connectivity index (χ0) is 35.8. The van der Waals surface area contributed by atoms with E-state index in [9.17, 15) is 14.4 Å². The van der Waals surface area contributed by atoms with Gasteiger partial charge in [0.2, 0.25) is 5.91 Å². The van der Waals surface area contributed by atoms with E-state index in [-0.39, 0.29) is 32.6 Å². The topological polar surface area (TPSA) is 126 Å². The zero-order valence-corrected chi connectivity index (χ0v) is 28.8. The molecule has 0 saturated heterocycles. The van der Waals surface area contributed by atoms with E-state index in [2.05, 4.69) is 15.3 Å². The largest absolute Gasteiger partial charge is 0.489 e. The van der Waals surface area contributed by atoms with Gasteiger partial charge >= 0.3 is 6.09 Å². The van der Waals surface area contributed by atoms with E-state index in [4.69, 9.17) is 14.3 Å². The summed E-state index contributed by atoms with van der Waals surface area (Å²) in [5.41, 5.74) is 4.18. The van der Waals surface area contributed by atoms with Crippen molar-refractivity contribution >= 4 is 17.9 Å². The van der Waals surface area contributed by atoms with E-state index in [1.54, 1.807) is 13.2 Å². The second kappa shape index (κ2) is 18.7. The molecular formula is C40H43N5O6. The minimum absolute atomic E-state index is 0.0316. The van der Waals surface area contributed by atoms with Gasteiger partial charge < -0.3 is 24.7 Å². The number of carbonyl (C=O) groups excluding carboxylic acids is 3. The van der Waals surface area contributed by atoms with Crippen molar-refractivity contribution in [1.82, 2.24) is 25.2 Å². The number of aromatic amines is 1. The third-order valence-corrected chi connectivity index (χ3v) is 8.25. The van der Waals surface area contributed by atoms with Crippen molar-refractivity contribution < 1.29 is 28.7 Å². The number of alkyl carbamates (subject to hydrolysis) is 1. The molecule has 51 heavy (non-hydrogen) atoms. The van der Waals surface area contributed by atoms with Crippen LogP contribution in [0.5, 0.6) is 5.75 Å². The zero-order valence-electron chi connectivity index (χ0n) is 28.8. The Balaban J connectivity index is 1.34. The van der Waals surface area contributed by atoms with Gasteiger partial charge in [0.05, 0.1) is 6.33 Å². The van der Waals surface area contributed by atoms with Crippen LogP contribution in [0.1, 0.15) is 34.9 Å². The van der Waals surface area contributed by atoms with Crippen molar-refractivity contribution in [3.05, 3.63) is 156 Å². The quantitative estimate of drug-likeness (QED) is 0.117. The number of aromatic nitrogens is 2. The summed E-state index contributed by atoms with van der Waals surface area (Å²) in [7, 11) is 1.56. The van der Waals surface area contributed by atoms with Crippen LogP contribution in [-0.2, 0) is 51.8 Å². The molecule has 5 aromatic rings. The summed E-state index contributed by atoms with van der Waals surface area (Å²) in [5, 5.41) is 4.00. The Morgan fingerprint density at radius 2 is 1.31 bits per heavy atom. The van der Waals surface area contributed by atoms with Crippen LogP contribution in [0, 0.1) is 0 Å². The number of amides is 3. The smallest absolute Gasteiger partial charge is 0.408 e. The first-order valence-corrected chi connectivity index (χ1v) is 16.8. The summed E-state index contributed by atoms with van der Waals surface area (Å²) in [6.07, 6.45) is 2.59. The van der Waals surface area contributed by atoms with Gasteiger partial charge in [-0.25, -0.2) is 14.8 Å². The number of carbonyl (C=O) groups is 3. The summed E-state index contributed by atoms with van der Waals surface area (Å²) in [4.78, 5) is 55.9. The lowest BCUT2D eigenvalue weighted by atomic mass is 10.0. The Kier molecular flexibility index (Phi) is 13.3. The maximum absolute atomic E-state index is 14.3. The SMILES string of the molecule is CCN(OCc1ccccc1)C(=O)C(Cc1ccc(OCc2ccccc2)cc1)N(C)C(=O)C(Cc1cnc[nH]1)NC(=O)OCc1ccccc1. The molecule has 0 fully saturated rings. The average molecular weight is 690 g/mol. The van der Waals surface area contributed by atoms with E-state index in [0.29, 0.717) is 18.1 Å². The fourth-order valence-electron chi connectivity index (χ4n) is 5.40. The fraction of sp³-hybridized carbons (Fsp3) is 0.250. The number of likely N-dealkylation sites (N-methyl/N-ethyl adjacent to an activating group) is 2. The first-order chi connectivity index (χ1) is 24.9. The summed E-state index contributed by atoms with van der Waals surface area (Å²) >= 11 is 0. The minimum atomic E-state index is -1.07. The molecular weight excluding hydrogens is 646 g/mol. The van der Waals surface area contributed by atoms with Gasteiger partial charge in [-0.15, -0.1) is 0 Å². The Hall–Kier alpha value is -5.94. The number of hydrogen-bond donors (Lipinski definition) is 2. The van der Waals surface area contributed by atoms with Gasteiger partial charge in [-0.2, -0.15) is 0 Å². The first kappa shape index (κ1) is 36.3. The van der Waals surface area contributed by atoms with Crippen LogP contribution < -0.4 is 10.1 Å². The second-order valence-corrected chi connectivity index (χ2v) is 11.9. The highest BCUT2D eigenvalue weighted by Gasteiger charge is 2.35. The third-order valence-electron chi connectivity index (χ3n) is 8.25. The number of nitrogens with one attached hydrogen (secondary N) is 2. The highest BCUT2D eigenvalue weighted by atomic mass is 16.7. The molecule has 0 aliphatic carbocycles. The maximum atomic E-state index is 14.3. The number of benzene rings is 4.